The Hall–Kier alpha value is -2.70. The van der Waals surface area contributed by atoms with Gasteiger partial charge in [0.1, 0.15) is 11.5 Å². The molecule has 1 aromatic carbocycles. The molecule has 3 rings (SSSR count). The van der Waals surface area contributed by atoms with Crippen LogP contribution in [0.15, 0.2) is 24.4 Å². The van der Waals surface area contributed by atoms with E-state index in [4.69, 9.17) is 9.47 Å². The number of amides is 2. The Labute approximate surface area is 153 Å². The van der Waals surface area contributed by atoms with Crippen molar-refractivity contribution < 1.29 is 14.3 Å². The van der Waals surface area contributed by atoms with Crippen LogP contribution in [-0.4, -0.2) is 36.6 Å². The minimum atomic E-state index is -0.159. The summed E-state index contributed by atoms with van der Waals surface area (Å²) in [6, 6.07) is 5.53. The first-order valence-electron chi connectivity index (χ1n) is 8.88. The lowest BCUT2D eigenvalue weighted by Gasteiger charge is -2.24. The molecule has 26 heavy (non-hydrogen) atoms. The summed E-state index contributed by atoms with van der Waals surface area (Å²) in [7, 11) is 5.22. The van der Waals surface area contributed by atoms with Gasteiger partial charge in [0, 0.05) is 24.8 Å². The van der Waals surface area contributed by atoms with Crippen LogP contribution in [0, 0.1) is 0 Å². The van der Waals surface area contributed by atoms with Crippen LogP contribution in [0.25, 0.3) is 0 Å². The van der Waals surface area contributed by atoms with Gasteiger partial charge in [0.15, 0.2) is 0 Å². The molecule has 0 aliphatic heterocycles. The smallest absolute Gasteiger partial charge is 0.315 e. The number of nitrogens with zero attached hydrogens (tertiary/aromatic N) is 2. The summed E-state index contributed by atoms with van der Waals surface area (Å²) in [5.74, 6) is 1.57. The first-order valence-corrected chi connectivity index (χ1v) is 8.88. The molecule has 0 unspecified atom stereocenters. The highest BCUT2D eigenvalue weighted by Crippen LogP contribution is 2.29. The molecule has 0 saturated carbocycles. The van der Waals surface area contributed by atoms with Gasteiger partial charge >= 0.3 is 6.03 Å². The third-order valence-corrected chi connectivity index (χ3v) is 4.85. The Balaban J connectivity index is 1.54. The fraction of sp³-hybridized carbons (Fsp3) is 0.474. The van der Waals surface area contributed by atoms with Gasteiger partial charge in [-0.05, 0) is 49.4 Å². The van der Waals surface area contributed by atoms with Gasteiger partial charge in [-0.15, -0.1) is 0 Å². The molecule has 140 valence electrons. The van der Waals surface area contributed by atoms with Gasteiger partial charge in [0.2, 0.25) is 0 Å². The molecule has 2 amide bonds. The molecule has 1 atom stereocenters. The van der Waals surface area contributed by atoms with Crippen molar-refractivity contribution in [2.45, 2.75) is 31.7 Å². The van der Waals surface area contributed by atoms with Crippen molar-refractivity contribution in [2.24, 2.45) is 7.05 Å². The second-order valence-corrected chi connectivity index (χ2v) is 6.44. The highest BCUT2D eigenvalue weighted by atomic mass is 16.5. The number of carbonyl (C=O) groups is 1. The van der Waals surface area contributed by atoms with Gasteiger partial charge in [0.05, 0.1) is 26.5 Å². The lowest BCUT2D eigenvalue weighted by molar-refractivity contribution is 0.235. The number of benzene rings is 1. The molecule has 1 aliphatic carbocycles. The van der Waals surface area contributed by atoms with E-state index in [1.807, 2.05) is 36.1 Å². The van der Waals surface area contributed by atoms with Crippen molar-refractivity contribution in [1.82, 2.24) is 20.4 Å². The Bertz CT molecular complexity index is 772. The maximum atomic E-state index is 12.3. The lowest BCUT2D eigenvalue weighted by atomic mass is 9.93. The monoisotopic (exact) mass is 358 g/mol. The fourth-order valence-corrected chi connectivity index (χ4v) is 3.45. The quantitative estimate of drug-likeness (QED) is 0.831. The summed E-state index contributed by atoms with van der Waals surface area (Å²) < 4.78 is 12.5. The number of nitrogens with one attached hydrogen (secondary N) is 2. The third-order valence-electron chi connectivity index (χ3n) is 4.85. The fourth-order valence-electron chi connectivity index (χ4n) is 3.45. The van der Waals surface area contributed by atoms with E-state index in [-0.39, 0.29) is 12.1 Å². The number of aryl methyl sites for hydroxylation is 1. The second kappa shape index (κ2) is 8.12. The van der Waals surface area contributed by atoms with Crippen LogP contribution in [0.5, 0.6) is 11.5 Å². The molecule has 2 aromatic rings. The van der Waals surface area contributed by atoms with Crippen molar-refractivity contribution in [3.05, 3.63) is 41.2 Å². The number of rotatable bonds is 6. The standard InChI is InChI=1S/C19H26N4O3/c1-23-17-6-4-5-16(15(17)12-21-23)22-19(24)20-10-9-13-11-14(25-2)7-8-18(13)26-3/h7-8,11-12,16H,4-6,9-10H2,1-3H3,(H2,20,22,24)/t16-/m0/s1. The third kappa shape index (κ3) is 3.92. The van der Waals surface area contributed by atoms with Crippen molar-refractivity contribution in [3.63, 3.8) is 0 Å². The Morgan fingerprint density at radius 2 is 2.19 bits per heavy atom. The summed E-state index contributed by atoms with van der Waals surface area (Å²) >= 11 is 0. The zero-order valence-electron chi connectivity index (χ0n) is 15.5. The minimum Gasteiger partial charge on any atom is -0.497 e. The van der Waals surface area contributed by atoms with Gasteiger partial charge in [-0.1, -0.05) is 0 Å². The van der Waals surface area contributed by atoms with E-state index in [9.17, 15) is 4.79 Å². The molecular weight excluding hydrogens is 332 g/mol. The van der Waals surface area contributed by atoms with Crippen molar-refractivity contribution in [1.29, 1.82) is 0 Å². The van der Waals surface area contributed by atoms with Crippen LogP contribution in [0.1, 0.15) is 35.7 Å². The van der Waals surface area contributed by atoms with E-state index in [1.54, 1.807) is 14.2 Å². The van der Waals surface area contributed by atoms with E-state index in [0.29, 0.717) is 13.0 Å². The van der Waals surface area contributed by atoms with Crippen LogP contribution in [-0.2, 0) is 19.9 Å². The average Bonchev–Trinajstić information content (AvgIpc) is 3.04. The van der Waals surface area contributed by atoms with E-state index in [1.165, 1.54) is 5.69 Å². The molecule has 1 heterocycles. The summed E-state index contributed by atoms with van der Waals surface area (Å²) in [6.07, 6.45) is 5.53. The van der Waals surface area contributed by atoms with Gasteiger partial charge in [0.25, 0.3) is 0 Å². The summed E-state index contributed by atoms with van der Waals surface area (Å²) in [5, 5.41) is 10.3. The van der Waals surface area contributed by atoms with Crippen LogP contribution in [0.2, 0.25) is 0 Å². The molecule has 1 aliphatic rings. The molecule has 0 fully saturated rings. The number of carbonyl (C=O) groups excluding carboxylic acids is 1. The Morgan fingerprint density at radius 1 is 1.35 bits per heavy atom. The number of urea groups is 1. The predicted molar refractivity (Wildman–Crippen MR) is 98.7 cm³/mol. The average molecular weight is 358 g/mol. The Kier molecular flexibility index (Phi) is 5.65. The maximum Gasteiger partial charge on any atom is 0.315 e. The van der Waals surface area contributed by atoms with E-state index in [2.05, 4.69) is 15.7 Å². The molecule has 0 spiro atoms. The van der Waals surface area contributed by atoms with E-state index in [0.717, 1.165) is 41.9 Å². The topological polar surface area (TPSA) is 77.4 Å². The number of methoxy groups -OCH3 is 2. The molecular formula is C19H26N4O3. The molecule has 0 bridgehead atoms. The van der Waals surface area contributed by atoms with Crippen molar-refractivity contribution in [3.8, 4) is 11.5 Å². The number of ether oxygens (including phenoxy) is 2. The molecule has 0 radical (unpaired) electrons. The normalized spacial score (nSPS) is 15.9. The zero-order valence-corrected chi connectivity index (χ0v) is 15.5. The van der Waals surface area contributed by atoms with Crippen molar-refractivity contribution in [2.75, 3.05) is 20.8 Å². The highest BCUT2D eigenvalue weighted by Gasteiger charge is 2.24. The largest absolute Gasteiger partial charge is 0.497 e. The SMILES string of the molecule is COc1ccc(OC)c(CCNC(=O)N[C@H]2CCCc3c2cnn3C)c1. The van der Waals surface area contributed by atoms with E-state index < -0.39 is 0 Å². The van der Waals surface area contributed by atoms with Crippen LogP contribution < -0.4 is 20.1 Å². The van der Waals surface area contributed by atoms with Crippen LogP contribution in [0.3, 0.4) is 0 Å². The summed E-state index contributed by atoms with van der Waals surface area (Å²) in [4.78, 5) is 12.3. The molecule has 1 aromatic heterocycles. The zero-order chi connectivity index (χ0) is 18.5. The summed E-state index contributed by atoms with van der Waals surface area (Å²) in [6.45, 7) is 0.516. The van der Waals surface area contributed by atoms with Crippen LogP contribution in [0.4, 0.5) is 4.79 Å². The molecule has 7 heteroatoms. The Morgan fingerprint density at radius 3 is 2.96 bits per heavy atom. The first-order chi connectivity index (χ1) is 12.6. The van der Waals surface area contributed by atoms with Crippen LogP contribution >= 0.6 is 0 Å². The number of fused-ring (bicyclic) bond motifs is 1. The highest BCUT2D eigenvalue weighted by molar-refractivity contribution is 5.74. The van der Waals surface area contributed by atoms with Gasteiger partial charge in [-0.2, -0.15) is 5.10 Å². The molecule has 0 saturated heterocycles. The molecule has 2 N–H and O–H groups in total. The van der Waals surface area contributed by atoms with Gasteiger partial charge in [-0.3, -0.25) is 4.68 Å². The lowest BCUT2D eigenvalue weighted by Crippen LogP contribution is -2.39. The molecule has 7 nitrogen and oxygen atoms in total. The second-order valence-electron chi connectivity index (χ2n) is 6.44. The predicted octanol–water partition coefficient (Wildman–Crippen LogP) is 2.36. The summed E-state index contributed by atoms with van der Waals surface area (Å²) in [5.41, 5.74) is 3.34. The van der Waals surface area contributed by atoms with E-state index >= 15 is 0 Å². The number of hydrogen-bond acceptors (Lipinski definition) is 4. The van der Waals surface area contributed by atoms with Gasteiger partial charge in [-0.25, -0.2) is 4.79 Å². The maximum absolute atomic E-state index is 12.3. The number of hydrogen-bond donors (Lipinski definition) is 2. The number of aromatic nitrogens is 2. The minimum absolute atomic E-state index is 0.0267. The van der Waals surface area contributed by atoms with Gasteiger partial charge < -0.3 is 20.1 Å². The van der Waals surface area contributed by atoms with Crippen molar-refractivity contribution >= 4 is 6.03 Å². The first kappa shape index (κ1) is 18.1.